The van der Waals surface area contributed by atoms with Gasteiger partial charge in [0.05, 0.1) is 17.9 Å². The lowest BCUT2D eigenvalue weighted by atomic mass is 9.93. The van der Waals surface area contributed by atoms with E-state index in [1.54, 1.807) is 41.7 Å². The quantitative estimate of drug-likeness (QED) is 0.298. The van der Waals surface area contributed by atoms with Crippen LogP contribution in [0.4, 0.5) is 0 Å². The predicted octanol–water partition coefficient (Wildman–Crippen LogP) is 5.17. The SMILES string of the molecule is CC(C)c1ccc(C2C(=C(O)c3ccc(Cl)cc3)C(=O)C(=O)N2CCCn2ccnc2)cc1. The second kappa shape index (κ2) is 9.63. The van der Waals surface area contributed by atoms with Crippen molar-refractivity contribution in [2.45, 2.75) is 38.8 Å². The number of hydrogen-bond acceptors (Lipinski definition) is 4. The van der Waals surface area contributed by atoms with Crippen molar-refractivity contribution in [2.75, 3.05) is 6.54 Å². The van der Waals surface area contributed by atoms with E-state index in [1.165, 1.54) is 0 Å². The van der Waals surface area contributed by atoms with Crippen LogP contribution in [-0.4, -0.2) is 37.8 Å². The highest BCUT2D eigenvalue weighted by molar-refractivity contribution is 6.46. The van der Waals surface area contributed by atoms with Gasteiger partial charge in [0.2, 0.25) is 0 Å². The fourth-order valence-corrected chi connectivity index (χ4v) is 4.25. The maximum atomic E-state index is 13.1. The molecule has 1 atom stereocenters. The number of Topliss-reactive ketones (excluding diaryl/α,β-unsaturated/α-hetero) is 1. The Morgan fingerprint density at radius 3 is 2.36 bits per heavy atom. The molecule has 2 heterocycles. The van der Waals surface area contributed by atoms with E-state index in [0.29, 0.717) is 36.0 Å². The molecule has 1 aromatic heterocycles. The van der Waals surface area contributed by atoms with Gasteiger partial charge in [0.25, 0.3) is 11.7 Å². The first-order chi connectivity index (χ1) is 15.9. The van der Waals surface area contributed by atoms with Crippen molar-refractivity contribution in [3.05, 3.63) is 94.5 Å². The number of amides is 1. The number of aryl methyl sites for hydroxylation is 1. The number of carbonyl (C=O) groups excluding carboxylic acids is 2. The monoisotopic (exact) mass is 463 g/mol. The first kappa shape index (κ1) is 22.8. The van der Waals surface area contributed by atoms with Gasteiger partial charge in [-0.3, -0.25) is 9.59 Å². The van der Waals surface area contributed by atoms with Crippen LogP contribution in [-0.2, 0) is 16.1 Å². The molecular formula is C26H26ClN3O3. The Morgan fingerprint density at radius 1 is 1.06 bits per heavy atom. The zero-order valence-electron chi connectivity index (χ0n) is 18.6. The Balaban J connectivity index is 1.73. The Hall–Kier alpha value is -3.38. The van der Waals surface area contributed by atoms with E-state index in [-0.39, 0.29) is 11.3 Å². The first-order valence-corrected chi connectivity index (χ1v) is 11.3. The number of carbonyl (C=O) groups is 2. The molecule has 3 aromatic rings. The van der Waals surface area contributed by atoms with Crippen molar-refractivity contribution < 1.29 is 14.7 Å². The highest BCUT2D eigenvalue weighted by Crippen LogP contribution is 2.40. The molecule has 6 nitrogen and oxygen atoms in total. The third kappa shape index (κ3) is 4.71. The van der Waals surface area contributed by atoms with Crippen LogP contribution in [0.2, 0.25) is 5.02 Å². The lowest BCUT2D eigenvalue weighted by Gasteiger charge is -2.25. The number of nitrogens with zero attached hydrogens (tertiary/aromatic N) is 3. The molecule has 4 rings (SSSR count). The summed E-state index contributed by atoms with van der Waals surface area (Å²) in [7, 11) is 0. The van der Waals surface area contributed by atoms with Gasteiger partial charge in [-0.25, -0.2) is 4.98 Å². The van der Waals surface area contributed by atoms with E-state index in [4.69, 9.17) is 11.6 Å². The van der Waals surface area contributed by atoms with Gasteiger partial charge in [0, 0.05) is 36.1 Å². The topological polar surface area (TPSA) is 75.4 Å². The molecule has 0 spiro atoms. The maximum Gasteiger partial charge on any atom is 0.295 e. The van der Waals surface area contributed by atoms with Crippen molar-refractivity contribution in [1.29, 1.82) is 0 Å². The van der Waals surface area contributed by atoms with Gasteiger partial charge in [-0.1, -0.05) is 49.7 Å². The standard InChI is InChI=1S/C26H26ClN3O3/c1-17(2)18-4-6-19(7-5-18)23-22(24(31)20-8-10-21(27)11-9-20)25(32)26(33)30(23)14-3-13-29-15-12-28-16-29/h4-12,15-17,23,31H,3,13-14H2,1-2H3. The second-order valence-corrected chi connectivity index (χ2v) is 8.91. The zero-order chi connectivity index (χ0) is 23.5. The van der Waals surface area contributed by atoms with Gasteiger partial charge in [0.15, 0.2) is 0 Å². The second-order valence-electron chi connectivity index (χ2n) is 8.47. The van der Waals surface area contributed by atoms with E-state index < -0.39 is 17.7 Å². The number of imidazole rings is 1. The van der Waals surface area contributed by atoms with Crippen LogP contribution in [0.25, 0.3) is 5.76 Å². The van der Waals surface area contributed by atoms with Gasteiger partial charge in [-0.2, -0.15) is 0 Å². The Bertz CT molecular complexity index is 1170. The molecule has 170 valence electrons. The summed E-state index contributed by atoms with van der Waals surface area (Å²) in [6.07, 6.45) is 5.92. The highest BCUT2D eigenvalue weighted by Gasteiger charge is 2.45. The minimum atomic E-state index is -0.678. The number of halogens is 1. The number of rotatable bonds is 7. The van der Waals surface area contributed by atoms with Crippen LogP contribution in [0.3, 0.4) is 0 Å². The fourth-order valence-electron chi connectivity index (χ4n) is 4.13. The minimum Gasteiger partial charge on any atom is -0.507 e. The number of aliphatic hydroxyl groups excluding tert-OH is 1. The van der Waals surface area contributed by atoms with Gasteiger partial charge in [-0.15, -0.1) is 0 Å². The van der Waals surface area contributed by atoms with Gasteiger partial charge in [0.1, 0.15) is 5.76 Å². The summed E-state index contributed by atoms with van der Waals surface area (Å²) >= 11 is 5.98. The van der Waals surface area contributed by atoms with E-state index in [9.17, 15) is 14.7 Å². The molecule has 33 heavy (non-hydrogen) atoms. The number of likely N-dealkylation sites (tertiary alicyclic amines) is 1. The molecule has 2 aromatic carbocycles. The van der Waals surface area contributed by atoms with E-state index in [2.05, 4.69) is 18.8 Å². The van der Waals surface area contributed by atoms with Crippen molar-refractivity contribution in [3.63, 3.8) is 0 Å². The van der Waals surface area contributed by atoms with Crippen LogP contribution >= 0.6 is 11.6 Å². The molecule has 1 amide bonds. The smallest absolute Gasteiger partial charge is 0.295 e. The van der Waals surface area contributed by atoms with Crippen LogP contribution in [0, 0.1) is 0 Å². The van der Waals surface area contributed by atoms with E-state index in [1.807, 2.05) is 35.0 Å². The van der Waals surface area contributed by atoms with Crippen molar-refractivity contribution in [2.24, 2.45) is 0 Å². The molecule has 0 radical (unpaired) electrons. The molecule has 1 aliphatic heterocycles. The molecule has 0 bridgehead atoms. The first-order valence-electron chi connectivity index (χ1n) is 11.0. The van der Waals surface area contributed by atoms with E-state index >= 15 is 0 Å². The van der Waals surface area contributed by atoms with Crippen LogP contribution < -0.4 is 0 Å². The predicted molar refractivity (Wildman–Crippen MR) is 128 cm³/mol. The van der Waals surface area contributed by atoms with E-state index in [0.717, 1.165) is 11.1 Å². The number of hydrogen-bond donors (Lipinski definition) is 1. The molecule has 1 N–H and O–H groups in total. The third-order valence-electron chi connectivity index (χ3n) is 5.95. The average molecular weight is 464 g/mol. The van der Waals surface area contributed by atoms with Crippen molar-refractivity contribution in [3.8, 4) is 0 Å². The number of ketones is 1. The van der Waals surface area contributed by atoms with Crippen molar-refractivity contribution in [1.82, 2.24) is 14.5 Å². The largest absolute Gasteiger partial charge is 0.507 e. The van der Waals surface area contributed by atoms with Crippen LogP contribution in [0.1, 0.15) is 48.9 Å². The molecule has 1 unspecified atom stereocenters. The molecule has 1 saturated heterocycles. The summed E-state index contributed by atoms with van der Waals surface area (Å²) in [4.78, 5) is 31.7. The summed E-state index contributed by atoms with van der Waals surface area (Å²) in [5.41, 5.74) is 2.49. The molecule has 0 aliphatic carbocycles. The normalized spacial score (nSPS) is 17.8. The number of aromatic nitrogens is 2. The molecule has 1 aliphatic rings. The summed E-state index contributed by atoms with van der Waals surface area (Å²) in [5.74, 6) is -1.12. The van der Waals surface area contributed by atoms with Crippen molar-refractivity contribution >= 4 is 29.1 Å². The van der Waals surface area contributed by atoms with Gasteiger partial charge in [-0.05, 0) is 47.7 Å². The van der Waals surface area contributed by atoms with Crippen LogP contribution in [0.15, 0.2) is 72.8 Å². The maximum absolute atomic E-state index is 13.1. The molecule has 0 saturated carbocycles. The minimum absolute atomic E-state index is 0.0993. The summed E-state index contributed by atoms with van der Waals surface area (Å²) < 4.78 is 1.93. The number of benzene rings is 2. The summed E-state index contributed by atoms with van der Waals surface area (Å²) in [6, 6.07) is 13.8. The zero-order valence-corrected chi connectivity index (χ0v) is 19.4. The Kier molecular flexibility index (Phi) is 6.65. The molecule has 1 fully saturated rings. The molecular weight excluding hydrogens is 438 g/mol. The Labute approximate surface area is 198 Å². The third-order valence-corrected chi connectivity index (χ3v) is 6.20. The number of aliphatic hydroxyl groups is 1. The average Bonchev–Trinajstić information content (AvgIpc) is 3.41. The lowest BCUT2D eigenvalue weighted by molar-refractivity contribution is -0.139. The van der Waals surface area contributed by atoms with Gasteiger partial charge >= 0.3 is 0 Å². The van der Waals surface area contributed by atoms with Gasteiger partial charge < -0.3 is 14.6 Å². The Morgan fingerprint density at radius 2 is 1.76 bits per heavy atom. The molecule has 7 heteroatoms. The fraction of sp³-hybridized carbons (Fsp3) is 0.269. The summed E-state index contributed by atoms with van der Waals surface area (Å²) in [5, 5.41) is 11.6. The van der Waals surface area contributed by atoms with Crippen LogP contribution in [0.5, 0.6) is 0 Å². The summed E-state index contributed by atoms with van der Waals surface area (Å²) in [6.45, 7) is 5.26. The highest BCUT2D eigenvalue weighted by atomic mass is 35.5. The lowest BCUT2D eigenvalue weighted by Crippen LogP contribution is -2.31.